The molecule has 1 atom stereocenters. The van der Waals surface area contributed by atoms with Crippen molar-refractivity contribution < 1.29 is 0 Å². The van der Waals surface area contributed by atoms with E-state index in [4.69, 9.17) is 0 Å². The summed E-state index contributed by atoms with van der Waals surface area (Å²) in [6.07, 6.45) is 1.22. The zero-order valence-electron chi connectivity index (χ0n) is 12.3. The quantitative estimate of drug-likeness (QED) is 0.877. The van der Waals surface area contributed by atoms with Crippen molar-refractivity contribution in [3.05, 3.63) is 56.2 Å². The fourth-order valence-electron chi connectivity index (χ4n) is 2.95. The molecule has 2 heterocycles. The minimum absolute atomic E-state index is 0.376. The van der Waals surface area contributed by atoms with Gasteiger partial charge in [0.25, 0.3) is 0 Å². The predicted octanol–water partition coefficient (Wildman–Crippen LogP) is 4.20. The van der Waals surface area contributed by atoms with Crippen molar-refractivity contribution in [2.45, 2.75) is 19.4 Å². The second kappa shape index (κ2) is 7.05. The zero-order valence-corrected chi connectivity index (χ0v) is 14.7. The molecule has 112 valence electrons. The molecule has 0 amide bonds. The first kappa shape index (κ1) is 15.2. The summed E-state index contributed by atoms with van der Waals surface area (Å²) in [6, 6.07) is 11.5. The monoisotopic (exact) mass is 364 g/mol. The van der Waals surface area contributed by atoms with Gasteiger partial charge in [0.2, 0.25) is 0 Å². The highest BCUT2D eigenvalue weighted by Crippen LogP contribution is 2.34. The molecule has 0 aliphatic carbocycles. The smallest absolute Gasteiger partial charge is 0.0697 e. The van der Waals surface area contributed by atoms with Gasteiger partial charge in [0.1, 0.15) is 0 Å². The molecule has 2 nitrogen and oxygen atoms in total. The topological polar surface area (TPSA) is 15.3 Å². The van der Waals surface area contributed by atoms with E-state index in [-0.39, 0.29) is 0 Å². The van der Waals surface area contributed by atoms with Crippen LogP contribution in [0.15, 0.2) is 40.2 Å². The standard InChI is InChI=1S/C17H21BrN2S/c1-13-10-16(21-12-13)17(14-4-2-5-15(18)11-14)20-8-3-6-19-7-9-20/h2,4-5,10-12,17,19H,3,6-9H2,1H3. The van der Waals surface area contributed by atoms with E-state index in [2.05, 4.69) is 68.8 Å². The van der Waals surface area contributed by atoms with Gasteiger partial charge in [-0.15, -0.1) is 11.3 Å². The molecule has 1 N–H and O–H groups in total. The molecule has 1 saturated heterocycles. The molecule has 1 aromatic heterocycles. The maximum absolute atomic E-state index is 3.62. The second-order valence-corrected chi connectivity index (χ2v) is 7.48. The Kier molecular flexibility index (Phi) is 5.11. The third kappa shape index (κ3) is 3.75. The summed E-state index contributed by atoms with van der Waals surface area (Å²) in [4.78, 5) is 4.07. The Morgan fingerprint density at radius 3 is 2.90 bits per heavy atom. The largest absolute Gasteiger partial charge is 0.315 e. The van der Waals surface area contributed by atoms with Crippen LogP contribution < -0.4 is 5.32 Å². The zero-order chi connectivity index (χ0) is 14.7. The van der Waals surface area contributed by atoms with E-state index in [0.29, 0.717) is 6.04 Å². The summed E-state index contributed by atoms with van der Waals surface area (Å²) in [5.74, 6) is 0. The number of rotatable bonds is 3. The number of hydrogen-bond donors (Lipinski definition) is 1. The summed E-state index contributed by atoms with van der Waals surface area (Å²) in [5, 5.41) is 5.76. The number of benzene rings is 1. The SMILES string of the molecule is Cc1csc(C(c2cccc(Br)c2)N2CCCNCC2)c1. The number of thiophene rings is 1. The van der Waals surface area contributed by atoms with Gasteiger partial charge >= 0.3 is 0 Å². The molecule has 0 bridgehead atoms. The van der Waals surface area contributed by atoms with E-state index in [1.807, 2.05) is 11.3 Å². The van der Waals surface area contributed by atoms with E-state index in [0.717, 1.165) is 30.7 Å². The van der Waals surface area contributed by atoms with Crippen LogP contribution in [0, 0.1) is 6.92 Å². The third-order valence-corrected chi connectivity index (χ3v) is 5.52. The van der Waals surface area contributed by atoms with E-state index in [9.17, 15) is 0 Å². The summed E-state index contributed by atoms with van der Waals surface area (Å²) in [5.41, 5.74) is 2.75. The average Bonchev–Trinajstić information content (AvgIpc) is 2.73. The van der Waals surface area contributed by atoms with Crippen LogP contribution in [0.3, 0.4) is 0 Å². The lowest BCUT2D eigenvalue weighted by Gasteiger charge is -2.30. The molecule has 1 aromatic carbocycles. The van der Waals surface area contributed by atoms with Gasteiger partial charge in [-0.1, -0.05) is 28.1 Å². The molecule has 1 unspecified atom stereocenters. The Bertz CT molecular complexity index is 588. The Hall–Kier alpha value is -0.680. The van der Waals surface area contributed by atoms with Crippen molar-refractivity contribution in [2.24, 2.45) is 0 Å². The lowest BCUT2D eigenvalue weighted by atomic mass is 10.0. The molecule has 0 radical (unpaired) electrons. The van der Waals surface area contributed by atoms with Crippen LogP contribution in [-0.4, -0.2) is 31.1 Å². The minimum atomic E-state index is 0.376. The molecule has 21 heavy (non-hydrogen) atoms. The highest BCUT2D eigenvalue weighted by atomic mass is 79.9. The second-order valence-electron chi connectivity index (χ2n) is 5.62. The number of aryl methyl sites for hydroxylation is 1. The molecule has 2 aromatic rings. The number of hydrogen-bond acceptors (Lipinski definition) is 3. The predicted molar refractivity (Wildman–Crippen MR) is 94.1 cm³/mol. The molecular formula is C17H21BrN2S. The number of halogens is 1. The van der Waals surface area contributed by atoms with Crippen molar-refractivity contribution in [2.75, 3.05) is 26.2 Å². The van der Waals surface area contributed by atoms with E-state index in [1.54, 1.807) is 0 Å². The van der Waals surface area contributed by atoms with Crippen LogP contribution >= 0.6 is 27.3 Å². The lowest BCUT2D eigenvalue weighted by molar-refractivity contribution is 0.244. The van der Waals surface area contributed by atoms with E-state index >= 15 is 0 Å². The Labute approximate surface area is 139 Å². The van der Waals surface area contributed by atoms with Gasteiger partial charge in [-0.2, -0.15) is 0 Å². The van der Waals surface area contributed by atoms with Gasteiger partial charge in [-0.3, -0.25) is 4.90 Å². The highest BCUT2D eigenvalue weighted by Gasteiger charge is 2.24. The van der Waals surface area contributed by atoms with Crippen molar-refractivity contribution in [1.82, 2.24) is 10.2 Å². The van der Waals surface area contributed by atoms with Crippen molar-refractivity contribution in [3.8, 4) is 0 Å². The first-order chi connectivity index (χ1) is 10.2. The van der Waals surface area contributed by atoms with Crippen LogP contribution in [0.25, 0.3) is 0 Å². The van der Waals surface area contributed by atoms with Gasteiger partial charge in [0.05, 0.1) is 6.04 Å². The van der Waals surface area contributed by atoms with Crippen LogP contribution in [0.2, 0.25) is 0 Å². The lowest BCUT2D eigenvalue weighted by Crippen LogP contribution is -2.32. The van der Waals surface area contributed by atoms with Crippen molar-refractivity contribution in [1.29, 1.82) is 0 Å². The first-order valence-electron chi connectivity index (χ1n) is 7.49. The summed E-state index contributed by atoms with van der Waals surface area (Å²) < 4.78 is 1.16. The summed E-state index contributed by atoms with van der Waals surface area (Å²) >= 11 is 5.50. The fraction of sp³-hybridized carbons (Fsp3) is 0.412. The number of nitrogens with zero attached hydrogens (tertiary/aromatic N) is 1. The van der Waals surface area contributed by atoms with Crippen LogP contribution in [-0.2, 0) is 0 Å². The van der Waals surface area contributed by atoms with Gasteiger partial charge in [0.15, 0.2) is 0 Å². The molecule has 1 aliphatic rings. The molecule has 4 heteroatoms. The van der Waals surface area contributed by atoms with Crippen molar-refractivity contribution in [3.63, 3.8) is 0 Å². The van der Waals surface area contributed by atoms with E-state index < -0.39 is 0 Å². The Morgan fingerprint density at radius 1 is 1.24 bits per heavy atom. The van der Waals surface area contributed by atoms with Crippen LogP contribution in [0.4, 0.5) is 0 Å². The van der Waals surface area contributed by atoms with Gasteiger partial charge in [-0.05, 0) is 54.6 Å². The van der Waals surface area contributed by atoms with Gasteiger partial charge in [-0.25, -0.2) is 0 Å². The molecule has 3 rings (SSSR count). The minimum Gasteiger partial charge on any atom is -0.315 e. The molecule has 0 saturated carbocycles. The summed E-state index contributed by atoms with van der Waals surface area (Å²) in [7, 11) is 0. The van der Waals surface area contributed by atoms with Crippen LogP contribution in [0.1, 0.15) is 28.5 Å². The van der Waals surface area contributed by atoms with Crippen LogP contribution in [0.5, 0.6) is 0 Å². The highest BCUT2D eigenvalue weighted by molar-refractivity contribution is 9.10. The Morgan fingerprint density at radius 2 is 2.14 bits per heavy atom. The molecule has 0 spiro atoms. The third-order valence-electron chi connectivity index (χ3n) is 3.92. The average molecular weight is 365 g/mol. The maximum Gasteiger partial charge on any atom is 0.0697 e. The number of nitrogens with one attached hydrogen (secondary N) is 1. The molecule has 1 aliphatic heterocycles. The Balaban J connectivity index is 1.97. The van der Waals surface area contributed by atoms with Gasteiger partial charge in [0, 0.05) is 29.0 Å². The molecular weight excluding hydrogens is 344 g/mol. The normalized spacial score (nSPS) is 18.4. The fourth-order valence-corrected chi connectivity index (χ4v) is 4.43. The van der Waals surface area contributed by atoms with Gasteiger partial charge < -0.3 is 5.32 Å². The maximum atomic E-state index is 3.62. The summed E-state index contributed by atoms with van der Waals surface area (Å²) in [6.45, 7) is 6.65. The molecule has 1 fully saturated rings. The van der Waals surface area contributed by atoms with Crippen molar-refractivity contribution >= 4 is 27.3 Å². The van der Waals surface area contributed by atoms with E-state index in [1.165, 1.54) is 22.4 Å². The first-order valence-corrected chi connectivity index (χ1v) is 9.16.